The van der Waals surface area contributed by atoms with E-state index in [4.69, 9.17) is 11.6 Å². The van der Waals surface area contributed by atoms with Crippen molar-refractivity contribution in [3.05, 3.63) is 63.8 Å². The number of rotatable bonds is 5. The quantitative estimate of drug-likeness (QED) is 0.692. The number of hydrogen-bond donors (Lipinski definition) is 2. The molecule has 2 saturated heterocycles. The number of aromatic nitrogens is 1. The van der Waals surface area contributed by atoms with Gasteiger partial charge in [-0.15, -0.1) is 0 Å². The van der Waals surface area contributed by atoms with Crippen molar-refractivity contribution in [1.29, 1.82) is 0 Å². The van der Waals surface area contributed by atoms with Crippen molar-refractivity contribution in [2.75, 3.05) is 18.0 Å². The molecule has 1 aromatic heterocycles. The van der Waals surface area contributed by atoms with Crippen LogP contribution >= 0.6 is 23.4 Å². The van der Waals surface area contributed by atoms with Crippen molar-refractivity contribution >= 4 is 52.2 Å². The molecule has 3 amide bonds. The van der Waals surface area contributed by atoms with Crippen molar-refractivity contribution in [3.63, 3.8) is 0 Å². The minimum absolute atomic E-state index is 0.00307. The first-order valence-electron chi connectivity index (χ1n) is 9.46. The fourth-order valence-electron chi connectivity index (χ4n) is 3.59. The van der Waals surface area contributed by atoms with Crippen molar-refractivity contribution in [2.24, 2.45) is 0 Å². The van der Waals surface area contributed by atoms with E-state index >= 15 is 0 Å². The number of pyridine rings is 1. The summed E-state index contributed by atoms with van der Waals surface area (Å²) >= 11 is 7.35. The van der Waals surface area contributed by atoms with Crippen LogP contribution in [0.5, 0.6) is 0 Å². The van der Waals surface area contributed by atoms with E-state index in [9.17, 15) is 14.4 Å². The number of halogens is 1. The Morgan fingerprint density at radius 2 is 2.20 bits per heavy atom. The van der Waals surface area contributed by atoms with Crippen LogP contribution in [0.15, 0.2) is 47.6 Å². The van der Waals surface area contributed by atoms with Gasteiger partial charge in [-0.3, -0.25) is 24.7 Å². The Morgan fingerprint density at radius 3 is 2.93 bits per heavy atom. The van der Waals surface area contributed by atoms with Gasteiger partial charge in [0.15, 0.2) is 0 Å². The van der Waals surface area contributed by atoms with Crippen LogP contribution in [0.2, 0.25) is 5.02 Å². The number of imide groups is 1. The molecule has 154 valence electrons. The predicted molar refractivity (Wildman–Crippen MR) is 117 cm³/mol. The van der Waals surface area contributed by atoms with Crippen molar-refractivity contribution in [3.8, 4) is 0 Å². The zero-order valence-corrected chi connectivity index (χ0v) is 17.5. The second-order valence-corrected chi connectivity index (χ2v) is 8.49. The molecule has 2 aliphatic heterocycles. The van der Waals surface area contributed by atoms with Gasteiger partial charge in [-0.05, 0) is 42.0 Å². The fraction of sp³-hybridized carbons (Fsp3) is 0.238. The number of thioether (sulfide) groups is 1. The molecule has 9 heteroatoms. The molecule has 0 saturated carbocycles. The number of carbonyl (C=O) groups is 3. The van der Waals surface area contributed by atoms with Gasteiger partial charge in [0.1, 0.15) is 0 Å². The third-order valence-electron chi connectivity index (χ3n) is 4.90. The number of nitrogens with zero attached hydrogens (tertiary/aromatic N) is 2. The van der Waals surface area contributed by atoms with Crippen LogP contribution in [0.4, 0.5) is 10.5 Å². The fourth-order valence-corrected chi connectivity index (χ4v) is 4.57. The van der Waals surface area contributed by atoms with Gasteiger partial charge in [0.25, 0.3) is 11.1 Å². The number of anilines is 1. The molecule has 0 unspecified atom stereocenters. The molecule has 1 aromatic carbocycles. The van der Waals surface area contributed by atoms with Crippen LogP contribution < -0.4 is 15.5 Å². The van der Waals surface area contributed by atoms with Crippen LogP contribution in [0, 0.1) is 0 Å². The molecule has 2 N–H and O–H groups in total. The van der Waals surface area contributed by atoms with Crippen molar-refractivity contribution in [2.45, 2.75) is 18.9 Å². The van der Waals surface area contributed by atoms with Crippen molar-refractivity contribution in [1.82, 2.24) is 15.6 Å². The summed E-state index contributed by atoms with van der Waals surface area (Å²) in [6.45, 7) is 1.33. The highest BCUT2D eigenvalue weighted by atomic mass is 35.5. The second kappa shape index (κ2) is 8.89. The Morgan fingerprint density at radius 1 is 1.33 bits per heavy atom. The molecule has 2 aliphatic rings. The summed E-state index contributed by atoms with van der Waals surface area (Å²) in [5.74, 6) is -0.452. The monoisotopic (exact) mass is 442 g/mol. The minimum atomic E-state index is -0.405. The number of benzene rings is 1. The number of carbonyl (C=O) groups excluding carboxylic acids is 3. The van der Waals surface area contributed by atoms with Gasteiger partial charge in [0.05, 0.1) is 22.0 Å². The summed E-state index contributed by atoms with van der Waals surface area (Å²) in [6, 6.07) is 9.14. The van der Waals surface area contributed by atoms with Crippen LogP contribution in [0.3, 0.4) is 0 Å². The van der Waals surface area contributed by atoms with Gasteiger partial charge < -0.3 is 10.2 Å². The van der Waals surface area contributed by atoms with Gasteiger partial charge in [-0.2, -0.15) is 0 Å². The molecule has 1 atom stereocenters. The molecule has 4 rings (SSSR count). The van der Waals surface area contributed by atoms with E-state index in [1.807, 2.05) is 18.2 Å². The zero-order chi connectivity index (χ0) is 21.1. The van der Waals surface area contributed by atoms with Gasteiger partial charge in [-0.25, -0.2) is 0 Å². The molecule has 7 nitrogen and oxygen atoms in total. The molecule has 0 spiro atoms. The Balaban J connectivity index is 1.46. The summed E-state index contributed by atoms with van der Waals surface area (Å²) < 4.78 is 0. The molecular weight excluding hydrogens is 424 g/mol. The number of nitrogens with one attached hydrogen (secondary N) is 2. The summed E-state index contributed by atoms with van der Waals surface area (Å²) in [5.41, 5.74) is 2.42. The summed E-state index contributed by atoms with van der Waals surface area (Å²) in [4.78, 5) is 42.2. The van der Waals surface area contributed by atoms with Crippen LogP contribution in [-0.2, 0) is 16.0 Å². The third kappa shape index (κ3) is 4.66. The summed E-state index contributed by atoms with van der Waals surface area (Å²) in [6.07, 6.45) is 6.12. The van der Waals surface area contributed by atoms with Crippen molar-refractivity contribution < 1.29 is 14.4 Å². The molecule has 2 aromatic rings. The summed E-state index contributed by atoms with van der Waals surface area (Å²) in [5, 5.41) is 5.50. The zero-order valence-electron chi connectivity index (χ0n) is 15.9. The number of para-hydroxylation sites is 1. The molecule has 0 radical (unpaired) electrons. The highest BCUT2D eigenvalue weighted by Crippen LogP contribution is 2.36. The van der Waals surface area contributed by atoms with E-state index in [-0.39, 0.29) is 23.6 Å². The molecule has 0 aliphatic carbocycles. The van der Waals surface area contributed by atoms with E-state index in [0.717, 1.165) is 41.5 Å². The topological polar surface area (TPSA) is 91.4 Å². The first-order chi connectivity index (χ1) is 14.5. The van der Waals surface area contributed by atoms with Crippen LogP contribution in [0.1, 0.15) is 17.5 Å². The first kappa shape index (κ1) is 20.4. The maximum atomic E-state index is 12.4. The number of amides is 3. The smallest absolute Gasteiger partial charge is 0.290 e. The third-order valence-corrected chi connectivity index (χ3v) is 6.02. The molecule has 0 bridgehead atoms. The lowest BCUT2D eigenvalue weighted by molar-refractivity contribution is -0.121. The van der Waals surface area contributed by atoms with Gasteiger partial charge in [0, 0.05) is 37.1 Å². The Labute approximate surface area is 182 Å². The van der Waals surface area contributed by atoms with Crippen LogP contribution in [-0.4, -0.2) is 41.2 Å². The maximum Gasteiger partial charge on any atom is 0.290 e. The Bertz CT molecular complexity index is 1030. The average Bonchev–Trinajstić information content (AvgIpc) is 3.28. The normalized spacial score (nSPS) is 20.0. The van der Waals surface area contributed by atoms with E-state index < -0.39 is 5.91 Å². The lowest BCUT2D eigenvalue weighted by Gasteiger charge is -2.23. The Hall–Kier alpha value is -2.84. The maximum absolute atomic E-state index is 12.4. The van der Waals surface area contributed by atoms with Gasteiger partial charge in [0.2, 0.25) is 5.91 Å². The van der Waals surface area contributed by atoms with E-state index in [2.05, 4.69) is 20.5 Å². The largest absolute Gasteiger partial charge is 0.368 e. The molecular formula is C21H19ClN4O3S. The van der Waals surface area contributed by atoms with Gasteiger partial charge >= 0.3 is 0 Å². The van der Waals surface area contributed by atoms with Crippen LogP contribution in [0.25, 0.3) is 6.08 Å². The standard InChI is InChI=1S/C21H19ClN4O3S/c22-16-5-1-4-14(10-17-20(28)25-21(29)30-17)19(16)26-8-6-15(12-26)24-18(27)9-13-3-2-7-23-11-13/h1-5,7,10-11,15H,6,8-9,12H2,(H,24,27)(H,25,28,29)/b17-10-/t15-/m0/s1. The lowest BCUT2D eigenvalue weighted by Crippen LogP contribution is -2.38. The highest BCUT2D eigenvalue weighted by molar-refractivity contribution is 8.18. The van der Waals surface area contributed by atoms with E-state index in [0.29, 0.717) is 16.5 Å². The minimum Gasteiger partial charge on any atom is -0.368 e. The van der Waals surface area contributed by atoms with E-state index in [1.54, 1.807) is 30.6 Å². The second-order valence-electron chi connectivity index (χ2n) is 7.07. The Kier molecular flexibility index (Phi) is 6.06. The molecule has 30 heavy (non-hydrogen) atoms. The number of hydrogen-bond acceptors (Lipinski definition) is 6. The first-order valence-corrected chi connectivity index (χ1v) is 10.7. The highest BCUT2D eigenvalue weighted by Gasteiger charge is 2.29. The molecule has 2 fully saturated rings. The average molecular weight is 443 g/mol. The van der Waals surface area contributed by atoms with Gasteiger partial charge in [-0.1, -0.05) is 29.8 Å². The molecule has 3 heterocycles. The predicted octanol–water partition coefficient (Wildman–Crippen LogP) is 3.00. The summed E-state index contributed by atoms with van der Waals surface area (Å²) in [7, 11) is 0. The SMILES string of the molecule is O=C(Cc1cccnc1)N[C@H]1CCN(c2c(Cl)cccc2/C=C2\SC(=O)NC2=O)C1. The lowest BCUT2D eigenvalue weighted by atomic mass is 10.1. The van der Waals surface area contributed by atoms with E-state index in [1.165, 1.54) is 0 Å².